The quantitative estimate of drug-likeness (QED) is 0.588. The molecule has 0 heterocycles. The van der Waals surface area contributed by atoms with Gasteiger partial charge in [-0.3, -0.25) is 4.79 Å². The monoisotopic (exact) mass is 298 g/mol. The molecule has 0 fully saturated rings. The molecule has 0 saturated carbocycles. The van der Waals surface area contributed by atoms with Crippen LogP contribution in [0.2, 0.25) is 0 Å². The molecule has 1 aromatic carbocycles. The van der Waals surface area contributed by atoms with E-state index in [-0.39, 0.29) is 5.78 Å². The van der Waals surface area contributed by atoms with Gasteiger partial charge in [0, 0.05) is 30.9 Å². The lowest BCUT2D eigenvalue weighted by molar-refractivity contribution is 0.101. The molecule has 0 saturated heterocycles. The van der Waals surface area contributed by atoms with Gasteiger partial charge in [-0.15, -0.1) is 0 Å². The number of rotatable bonds is 8. The van der Waals surface area contributed by atoms with Gasteiger partial charge < -0.3 is 5.32 Å². The number of hydrogen-bond donors (Lipinski definition) is 1. The molecule has 0 atom stereocenters. The summed E-state index contributed by atoms with van der Waals surface area (Å²) in [6.07, 6.45) is 1.96. The Kier molecular flexibility index (Phi) is 6.16. The highest BCUT2D eigenvalue weighted by molar-refractivity contribution is 7.88. The molecule has 0 spiro atoms. The molecule has 1 N–H and O–H groups in total. The number of benzene rings is 1. The number of nitrogens with zero attached hydrogens (tertiary/aromatic N) is 1. The number of ketones is 1. The summed E-state index contributed by atoms with van der Waals surface area (Å²) in [7, 11) is -3.11. The van der Waals surface area contributed by atoms with Crippen LogP contribution in [0.25, 0.3) is 0 Å². The van der Waals surface area contributed by atoms with E-state index in [0.717, 1.165) is 12.1 Å². The smallest absolute Gasteiger partial charge is 0.211 e. The van der Waals surface area contributed by atoms with Crippen LogP contribution in [0.3, 0.4) is 0 Å². The maximum Gasteiger partial charge on any atom is 0.211 e. The lowest BCUT2D eigenvalue weighted by atomic mass is 10.1. The summed E-state index contributed by atoms with van der Waals surface area (Å²) in [4.78, 5) is 11.1. The van der Waals surface area contributed by atoms with E-state index < -0.39 is 10.0 Å². The zero-order valence-corrected chi connectivity index (χ0v) is 13.0. The van der Waals surface area contributed by atoms with Crippen molar-refractivity contribution >= 4 is 21.5 Å². The summed E-state index contributed by atoms with van der Waals surface area (Å²) >= 11 is 0. The van der Waals surface area contributed by atoms with E-state index >= 15 is 0 Å². The van der Waals surface area contributed by atoms with Crippen LogP contribution >= 0.6 is 0 Å². The van der Waals surface area contributed by atoms with Crippen LogP contribution in [-0.4, -0.2) is 44.4 Å². The van der Waals surface area contributed by atoms with Crippen LogP contribution in [0.1, 0.15) is 30.6 Å². The summed E-state index contributed by atoms with van der Waals surface area (Å²) in [6.45, 7) is 5.05. The van der Waals surface area contributed by atoms with Crippen molar-refractivity contribution in [1.29, 1.82) is 0 Å². The van der Waals surface area contributed by atoms with Crippen molar-refractivity contribution < 1.29 is 13.2 Å². The minimum Gasteiger partial charge on any atom is -0.385 e. The van der Waals surface area contributed by atoms with Crippen LogP contribution in [0.4, 0.5) is 5.69 Å². The van der Waals surface area contributed by atoms with Gasteiger partial charge in [0.1, 0.15) is 0 Å². The van der Waals surface area contributed by atoms with E-state index in [1.165, 1.54) is 17.5 Å². The third-order valence-corrected chi connectivity index (χ3v) is 4.41. The zero-order valence-electron chi connectivity index (χ0n) is 12.2. The number of carbonyl (C=O) groups is 1. The molecule has 0 aliphatic carbocycles. The van der Waals surface area contributed by atoms with Crippen molar-refractivity contribution in [2.24, 2.45) is 0 Å². The Labute approximate surface area is 121 Å². The third-order valence-electron chi connectivity index (χ3n) is 3.03. The normalized spacial score (nSPS) is 11.6. The van der Waals surface area contributed by atoms with Crippen LogP contribution in [0.15, 0.2) is 24.3 Å². The van der Waals surface area contributed by atoms with Gasteiger partial charge in [-0.25, -0.2) is 12.7 Å². The minimum atomic E-state index is -3.11. The first-order valence-electron chi connectivity index (χ1n) is 6.64. The van der Waals surface area contributed by atoms with Crippen molar-refractivity contribution in [2.45, 2.75) is 20.3 Å². The molecule has 5 nitrogen and oxygen atoms in total. The Morgan fingerprint density at radius 1 is 1.25 bits per heavy atom. The highest BCUT2D eigenvalue weighted by Crippen LogP contribution is 2.10. The van der Waals surface area contributed by atoms with Crippen molar-refractivity contribution in [2.75, 3.05) is 31.2 Å². The maximum atomic E-state index is 11.4. The Hall–Kier alpha value is -1.40. The largest absolute Gasteiger partial charge is 0.385 e. The molecule has 0 amide bonds. The lowest BCUT2D eigenvalue weighted by Gasteiger charge is -2.17. The fourth-order valence-corrected chi connectivity index (χ4v) is 2.80. The van der Waals surface area contributed by atoms with Crippen LogP contribution < -0.4 is 5.32 Å². The number of anilines is 1. The Balaban J connectivity index is 2.39. The highest BCUT2D eigenvalue weighted by Gasteiger charge is 2.12. The summed E-state index contributed by atoms with van der Waals surface area (Å²) in [5, 5.41) is 3.21. The first-order chi connectivity index (χ1) is 9.34. The van der Waals surface area contributed by atoms with Crippen LogP contribution in [0, 0.1) is 0 Å². The molecule has 6 heteroatoms. The molecule has 0 aliphatic heterocycles. The second-order valence-corrected chi connectivity index (χ2v) is 6.65. The van der Waals surface area contributed by atoms with Gasteiger partial charge in [-0.1, -0.05) is 6.92 Å². The van der Waals surface area contributed by atoms with E-state index in [4.69, 9.17) is 0 Å². The van der Waals surface area contributed by atoms with Crippen molar-refractivity contribution in [3.63, 3.8) is 0 Å². The van der Waals surface area contributed by atoms with Gasteiger partial charge in [0.15, 0.2) is 5.78 Å². The molecule has 0 aromatic heterocycles. The lowest BCUT2D eigenvalue weighted by Crippen LogP contribution is -2.31. The number of carbonyl (C=O) groups excluding carboxylic acids is 1. The molecule has 1 aromatic rings. The highest BCUT2D eigenvalue weighted by atomic mass is 32.2. The fraction of sp³-hybridized carbons (Fsp3) is 0.500. The average molecular weight is 298 g/mol. The molecule has 0 radical (unpaired) electrons. The molecular formula is C14H22N2O3S. The maximum absolute atomic E-state index is 11.4. The fourth-order valence-electron chi connectivity index (χ4n) is 1.87. The zero-order chi connectivity index (χ0) is 15.2. The van der Waals surface area contributed by atoms with Gasteiger partial charge in [0.05, 0.1) is 6.26 Å². The van der Waals surface area contributed by atoms with E-state index in [1.54, 1.807) is 12.1 Å². The van der Waals surface area contributed by atoms with Gasteiger partial charge in [-0.05, 0) is 37.6 Å². The van der Waals surface area contributed by atoms with E-state index in [0.29, 0.717) is 25.2 Å². The number of hydrogen-bond acceptors (Lipinski definition) is 4. The summed E-state index contributed by atoms with van der Waals surface area (Å²) < 4.78 is 24.3. The third kappa shape index (κ3) is 5.30. The Morgan fingerprint density at radius 3 is 2.30 bits per heavy atom. The van der Waals surface area contributed by atoms with Gasteiger partial charge in [0.2, 0.25) is 10.0 Å². The predicted molar refractivity (Wildman–Crippen MR) is 81.6 cm³/mol. The number of Topliss-reactive ketones (excluding diaryl/α,β-unsaturated/α-hetero) is 1. The first kappa shape index (κ1) is 16.7. The number of sulfonamides is 1. The molecule has 0 unspecified atom stereocenters. The van der Waals surface area contributed by atoms with Crippen molar-refractivity contribution in [1.82, 2.24) is 4.31 Å². The molecule has 0 aliphatic rings. The predicted octanol–water partition coefficient (Wildman–Crippen LogP) is 1.97. The van der Waals surface area contributed by atoms with Gasteiger partial charge >= 0.3 is 0 Å². The summed E-state index contributed by atoms with van der Waals surface area (Å²) in [6, 6.07) is 7.26. The standard InChI is InChI=1S/C14H22N2O3S/c1-4-16(20(3,18)19)11-5-10-15-14-8-6-13(7-9-14)12(2)17/h6-9,15H,4-5,10-11H2,1-3H3. The summed E-state index contributed by atoms with van der Waals surface area (Å²) in [5.74, 6) is 0.0447. The van der Waals surface area contributed by atoms with Crippen LogP contribution in [0.5, 0.6) is 0 Å². The van der Waals surface area contributed by atoms with Crippen molar-refractivity contribution in [3.05, 3.63) is 29.8 Å². The molecule has 20 heavy (non-hydrogen) atoms. The minimum absolute atomic E-state index is 0.0447. The van der Waals surface area contributed by atoms with Crippen molar-refractivity contribution in [3.8, 4) is 0 Å². The average Bonchev–Trinajstić information content (AvgIpc) is 2.37. The topological polar surface area (TPSA) is 66.5 Å². The SMILES string of the molecule is CCN(CCCNc1ccc(C(C)=O)cc1)S(C)(=O)=O. The van der Waals surface area contributed by atoms with Gasteiger partial charge in [-0.2, -0.15) is 0 Å². The van der Waals surface area contributed by atoms with Crippen LogP contribution in [-0.2, 0) is 10.0 Å². The Morgan fingerprint density at radius 2 is 1.85 bits per heavy atom. The van der Waals surface area contributed by atoms with E-state index in [2.05, 4.69) is 5.32 Å². The summed E-state index contributed by atoms with van der Waals surface area (Å²) in [5.41, 5.74) is 1.61. The first-order valence-corrected chi connectivity index (χ1v) is 8.49. The molecule has 0 bridgehead atoms. The van der Waals surface area contributed by atoms with E-state index in [1.807, 2.05) is 19.1 Å². The Bertz CT molecular complexity index is 538. The molecule has 112 valence electrons. The number of nitrogens with one attached hydrogen (secondary N) is 1. The van der Waals surface area contributed by atoms with E-state index in [9.17, 15) is 13.2 Å². The second-order valence-electron chi connectivity index (χ2n) is 4.67. The molecular weight excluding hydrogens is 276 g/mol. The van der Waals surface area contributed by atoms with Gasteiger partial charge in [0.25, 0.3) is 0 Å². The second kappa shape index (κ2) is 7.40. The molecule has 1 rings (SSSR count).